The van der Waals surface area contributed by atoms with Gasteiger partial charge in [0.05, 0.1) is 11.5 Å². The first-order valence-corrected chi connectivity index (χ1v) is 7.42. The van der Waals surface area contributed by atoms with Crippen LogP contribution in [0, 0.1) is 16.0 Å². The lowest BCUT2D eigenvalue weighted by Gasteiger charge is -2.28. The molecule has 0 saturated heterocycles. The van der Waals surface area contributed by atoms with Crippen molar-refractivity contribution in [3.05, 3.63) is 28.3 Å². The minimum atomic E-state index is -0.429. The molecular formula is C15H22N2O4. The van der Waals surface area contributed by atoms with Crippen molar-refractivity contribution in [3.63, 3.8) is 0 Å². The van der Waals surface area contributed by atoms with Gasteiger partial charge < -0.3 is 15.2 Å². The third-order valence-electron chi connectivity index (χ3n) is 3.93. The van der Waals surface area contributed by atoms with Gasteiger partial charge in [0, 0.05) is 30.5 Å². The van der Waals surface area contributed by atoms with Crippen LogP contribution < -0.4 is 10.1 Å². The second-order valence-electron chi connectivity index (χ2n) is 5.42. The summed E-state index contributed by atoms with van der Waals surface area (Å²) in [6, 6.07) is 5.24. The average Bonchev–Trinajstić information content (AvgIpc) is 2.48. The van der Waals surface area contributed by atoms with Gasteiger partial charge in [-0.05, 0) is 44.6 Å². The number of aliphatic hydroxyl groups is 1. The van der Waals surface area contributed by atoms with E-state index in [4.69, 9.17) is 9.84 Å². The first-order valence-electron chi connectivity index (χ1n) is 7.42. The Bertz CT molecular complexity index is 485. The molecule has 6 heteroatoms. The Kier molecular flexibility index (Phi) is 5.38. The van der Waals surface area contributed by atoms with Crippen molar-refractivity contribution in [1.82, 2.24) is 0 Å². The number of rotatable bonds is 6. The number of aliphatic hydroxyl groups excluding tert-OH is 1. The second kappa shape index (κ2) is 7.26. The molecule has 0 atom stereocenters. The fraction of sp³-hybridized carbons (Fsp3) is 0.600. The summed E-state index contributed by atoms with van der Waals surface area (Å²) in [5, 5.41) is 23.5. The normalized spacial score (nSPS) is 21.8. The van der Waals surface area contributed by atoms with Gasteiger partial charge >= 0.3 is 5.69 Å². The predicted octanol–water partition coefficient (Wildman–Crippen LogP) is 2.96. The second-order valence-corrected chi connectivity index (χ2v) is 5.42. The van der Waals surface area contributed by atoms with Crippen molar-refractivity contribution >= 4 is 11.4 Å². The molecule has 0 aromatic heterocycles. The lowest BCUT2D eigenvalue weighted by atomic mass is 9.86. The number of benzene rings is 1. The Morgan fingerprint density at radius 2 is 2.10 bits per heavy atom. The molecule has 1 fully saturated rings. The van der Waals surface area contributed by atoms with Crippen molar-refractivity contribution < 1.29 is 14.8 Å². The van der Waals surface area contributed by atoms with Crippen LogP contribution in [0.25, 0.3) is 0 Å². The van der Waals surface area contributed by atoms with Crippen LogP contribution in [0.2, 0.25) is 0 Å². The van der Waals surface area contributed by atoms with Crippen molar-refractivity contribution in [2.24, 2.45) is 5.92 Å². The van der Waals surface area contributed by atoms with Crippen LogP contribution in [0.1, 0.15) is 32.6 Å². The largest absolute Gasteiger partial charge is 0.487 e. The number of anilines is 1. The Morgan fingerprint density at radius 3 is 2.67 bits per heavy atom. The third-order valence-corrected chi connectivity index (χ3v) is 3.93. The maximum atomic E-state index is 10.9. The van der Waals surface area contributed by atoms with E-state index in [0.29, 0.717) is 24.3 Å². The van der Waals surface area contributed by atoms with Crippen molar-refractivity contribution in [2.45, 2.75) is 38.6 Å². The first-order chi connectivity index (χ1) is 10.1. The number of nitro benzene ring substituents is 1. The molecule has 1 aromatic carbocycles. The van der Waals surface area contributed by atoms with Crippen LogP contribution >= 0.6 is 0 Å². The molecule has 0 heterocycles. The average molecular weight is 294 g/mol. The molecule has 1 aliphatic rings. The van der Waals surface area contributed by atoms with Crippen LogP contribution in [-0.2, 0) is 0 Å². The molecule has 1 saturated carbocycles. The van der Waals surface area contributed by atoms with Crippen LogP contribution in [0.15, 0.2) is 18.2 Å². The van der Waals surface area contributed by atoms with E-state index in [1.807, 2.05) is 0 Å². The van der Waals surface area contributed by atoms with Gasteiger partial charge in [-0.15, -0.1) is 0 Å². The summed E-state index contributed by atoms with van der Waals surface area (Å²) < 4.78 is 5.35. The molecule has 2 rings (SSSR count). The standard InChI is InChI=1S/C15H22N2O4/c1-2-21-15-9-13(7-8-14(15)17(19)20)16-12-5-3-11(10-18)4-6-12/h7-9,11-12,16,18H,2-6,10H2,1H3. The van der Waals surface area contributed by atoms with Gasteiger partial charge in [0.15, 0.2) is 5.75 Å². The molecule has 1 aliphatic carbocycles. The number of hydrogen-bond donors (Lipinski definition) is 2. The van der Waals surface area contributed by atoms with Crippen LogP contribution in [0.4, 0.5) is 11.4 Å². The van der Waals surface area contributed by atoms with E-state index in [1.165, 1.54) is 6.07 Å². The molecule has 21 heavy (non-hydrogen) atoms. The van der Waals surface area contributed by atoms with Crippen LogP contribution in [0.5, 0.6) is 5.75 Å². The summed E-state index contributed by atoms with van der Waals surface area (Å²) in [7, 11) is 0. The minimum Gasteiger partial charge on any atom is -0.487 e. The lowest BCUT2D eigenvalue weighted by molar-refractivity contribution is -0.385. The maximum Gasteiger partial charge on any atom is 0.311 e. The summed E-state index contributed by atoms with van der Waals surface area (Å²) in [5.41, 5.74) is 0.836. The van der Waals surface area contributed by atoms with Crippen molar-refractivity contribution in [3.8, 4) is 5.75 Å². The Morgan fingerprint density at radius 1 is 1.38 bits per heavy atom. The molecule has 6 nitrogen and oxygen atoms in total. The van der Waals surface area contributed by atoms with Crippen molar-refractivity contribution in [2.75, 3.05) is 18.5 Å². The van der Waals surface area contributed by atoms with Crippen LogP contribution in [0.3, 0.4) is 0 Å². The highest BCUT2D eigenvalue weighted by molar-refractivity contribution is 5.58. The van der Waals surface area contributed by atoms with Gasteiger partial charge in [0.25, 0.3) is 0 Å². The number of hydrogen-bond acceptors (Lipinski definition) is 5. The molecular weight excluding hydrogens is 272 g/mol. The summed E-state index contributed by atoms with van der Waals surface area (Å²) in [6.07, 6.45) is 4.04. The third kappa shape index (κ3) is 4.07. The fourth-order valence-electron chi connectivity index (χ4n) is 2.75. The summed E-state index contributed by atoms with van der Waals surface area (Å²) in [6.45, 7) is 2.46. The van der Waals surface area contributed by atoms with Gasteiger partial charge in [-0.1, -0.05) is 0 Å². The van der Waals surface area contributed by atoms with E-state index in [0.717, 1.165) is 31.4 Å². The zero-order valence-corrected chi connectivity index (χ0v) is 12.2. The van der Waals surface area contributed by atoms with Crippen LogP contribution in [-0.4, -0.2) is 29.3 Å². The molecule has 0 aliphatic heterocycles. The number of nitro groups is 1. The zero-order valence-electron chi connectivity index (χ0n) is 12.2. The molecule has 0 radical (unpaired) electrons. The topological polar surface area (TPSA) is 84.6 Å². The monoisotopic (exact) mass is 294 g/mol. The number of nitrogens with one attached hydrogen (secondary N) is 1. The van der Waals surface area contributed by atoms with E-state index in [-0.39, 0.29) is 12.3 Å². The maximum absolute atomic E-state index is 10.9. The minimum absolute atomic E-state index is 0.00797. The first kappa shape index (κ1) is 15.6. The Hall–Kier alpha value is -1.82. The van der Waals surface area contributed by atoms with E-state index >= 15 is 0 Å². The van der Waals surface area contributed by atoms with E-state index in [2.05, 4.69) is 5.32 Å². The van der Waals surface area contributed by atoms with Gasteiger partial charge in [-0.2, -0.15) is 0 Å². The summed E-state index contributed by atoms with van der Waals surface area (Å²) in [4.78, 5) is 10.5. The van der Waals surface area contributed by atoms with E-state index < -0.39 is 4.92 Å². The van der Waals surface area contributed by atoms with Gasteiger partial charge in [-0.25, -0.2) is 0 Å². The van der Waals surface area contributed by atoms with Gasteiger partial charge in [-0.3, -0.25) is 10.1 Å². The molecule has 1 aromatic rings. The highest BCUT2D eigenvalue weighted by atomic mass is 16.6. The fourth-order valence-corrected chi connectivity index (χ4v) is 2.75. The van der Waals surface area contributed by atoms with Gasteiger partial charge in [0.2, 0.25) is 0 Å². The molecule has 0 amide bonds. The zero-order chi connectivity index (χ0) is 15.2. The molecule has 0 unspecified atom stereocenters. The number of ether oxygens (including phenoxy) is 1. The van der Waals surface area contributed by atoms with Crippen molar-refractivity contribution in [1.29, 1.82) is 0 Å². The van der Waals surface area contributed by atoms with E-state index in [9.17, 15) is 10.1 Å². The lowest BCUT2D eigenvalue weighted by Crippen LogP contribution is -2.27. The Balaban J connectivity index is 2.03. The summed E-state index contributed by atoms with van der Waals surface area (Å²) >= 11 is 0. The van der Waals surface area contributed by atoms with Gasteiger partial charge in [0.1, 0.15) is 0 Å². The molecule has 116 valence electrons. The van der Waals surface area contributed by atoms with E-state index in [1.54, 1.807) is 19.1 Å². The molecule has 2 N–H and O–H groups in total. The number of nitrogens with zero attached hydrogens (tertiary/aromatic N) is 1. The predicted molar refractivity (Wildman–Crippen MR) is 80.7 cm³/mol. The molecule has 0 bridgehead atoms. The highest BCUT2D eigenvalue weighted by Gasteiger charge is 2.21. The Labute approximate surface area is 124 Å². The SMILES string of the molecule is CCOc1cc(NC2CCC(CO)CC2)ccc1[N+](=O)[O-]. The summed E-state index contributed by atoms with van der Waals surface area (Å²) in [5.74, 6) is 0.718. The highest BCUT2D eigenvalue weighted by Crippen LogP contribution is 2.32. The molecule has 0 spiro atoms. The smallest absolute Gasteiger partial charge is 0.311 e. The quantitative estimate of drug-likeness (QED) is 0.622.